The molecule has 6 heteroatoms. The minimum atomic E-state index is -0.966. The van der Waals surface area contributed by atoms with Crippen LogP contribution in [0.2, 0.25) is 0 Å². The summed E-state index contributed by atoms with van der Waals surface area (Å²) < 4.78 is 12.7. The molecule has 1 fully saturated rings. The maximum absolute atomic E-state index is 12.7. The number of nitrogens with one attached hydrogen (secondary N) is 1. The lowest BCUT2D eigenvalue weighted by molar-refractivity contribution is 0.683. The molecule has 1 unspecified atom stereocenters. The number of anilines is 2. The Labute approximate surface area is 180 Å². The molecular weight excluding hydrogens is 392 g/mol. The van der Waals surface area contributed by atoms with Crippen molar-refractivity contribution in [2.75, 3.05) is 35.6 Å². The van der Waals surface area contributed by atoms with E-state index >= 15 is 0 Å². The lowest BCUT2D eigenvalue weighted by atomic mass is 10.1. The highest BCUT2D eigenvalue weighted by atomic mass is 32.2. The van der Waals surface area contributed by atoms with Gasteiger partial charge in [0.1, 0.15) is 5.82 Å². The maximum Gasteiger partial charge on any atom is 0.131 e. The van der Waals surface area contributed by atoms with Gasteiger partial charge in [-0.25, -0.2) is 4.98 Å². The van der Waals surface area contributed by atoms with Crippen LogP contribution >= 0.6 is 0 Å². The van der Waals surface area contributed by atoms with Crippen LogP contribution in [0.1, 0.15) is 36.3 Å². The molecule has 1 aliphatic carbocycles. The highest BCUT2D eigenvalue weighted by molar-refractivity contribution is 7.85. The van der Waals surface area contributed by atoms with E-state index in [0.29, 0.717) is 18.2 Å². The molecule has 0 radical (unpaired) electrons. The average molecular weight is 421 g/mol. The van der Waals surface area contributed by atoms with Gasteiger partial charge in [0, 0.05) is 47.4 Å². The van der Waals surface area contributed by atoms with Gasteiger partial charge in [-0.05, 0) is 61.1 Å². The number of hydrogen-bond donors (Lipinski definition) is 2. The first-order chi connectivity index (χ1) is 14.7. The highest BCUT2D eigenvalue weighted by Crippen LogP contribution is 2.42. The molecule has 30 heavy (non-hydrogen) atoms. The molecule has 0 bridgehead atoms. The van der Waals surface area contributed by atoms with Gasteiger partial charge < -0.3 is 16.0 Å². The first-order valence-electron chi connectivity index (χ1n) is 10.8. The minimum Gasteiger partial charge on any atom is -0.384 e. The number of fused-ring (bicyclic) bond motifs is 2. The van der Waals surface area contributed by atoms with Crippen molar-refractivity contribution in [3.63, 3.8) is 0 Å². The molecule has 2 heterocycles. The normalized spacial score (nSPS) is 18.8. The van der Waals surface area contributed by atoms with Gasteiger partial charge in [-0.3, -0.25) is 4.21 Å². The third-order valence-electron chi connectivity index (χ3n) is 6.01. The van der Waals surface area contributed by atoms with Crippen molar-refractivity contribution < 1.29 is 4.21 Å². The summed E-state index contributed by atoms with van der Waals surface area (Å²) in [6.07, 6.45) is 3.51. The van der Waals surface area contributed by atoms with E-state index in [2.05, 4.69) is 40.5 Å². The van der Waals surface area contributed by atoms with E-state index in [-0.39, 0.29) is 0 Å². The molecule has 3 N–H and O–H groups in total. The fraction of sp³-hybridized carbons (Fsp3) is 0.375. The van der Waals surface area contributed by atoms with Crippen molar-refractivity contribution in [3.05, 3.63) is 59.7 Å². The number of benzene rings is 2. The first-order valence-corrected chi connectivity index (χ1v) is 12.1. The standard InChI is InChI=1S/C24H28N4OS/c25-10-3-11-26-22-15-24(27-21-9-8-18(14-20(21)22)17-6-7-17)28-12-13-30(29)23-5-2-1-4-19(23)16-28/h1-2,4-5,8-9,14-15,17H,3,6-7,10-13,16,25H2,(H,26,27). The van der Waals surface area contributed by atoms with Crippen molar-refractivity contribution in [2.45, 2.75) is 36.6 Å². The van der Waals surface area contributed by atoms with Crippen LogP contribution in [0, 0.1) is 0 Å². The summed E-state index contributed by atoms with van der Waals surface area (Å²) in [5, 5.41) is 4.77. The summed E-state index contributed by atoms with van der Waals surface area (Å²) in [5.74, 6) is 2.27. The van der Waals surface area contributed by atoms with Crippen LogP contribution in [0.5, 0.6) is 0 Å². The Kier molecular flexibility index (Phi) is 5.44. The smallest absolute Gasteiger partial charge is 0.131 e. The largest absolute Gasteiger partial charge is 0.384 e. The third-order valence-corrected chi connectivity index (χ3v) is 7.46. The quantitative estimate of drug-likeness (QED) is 0.590. The topological polar surface area (TPSA) is 71.2 Å². The molecule has 0 spiro atoms. The van der Waals surface area contributed by atoms with Crippen LogP contribution in [0.3, 0.4) is 0 Å². The highest BCUT2D eigenvalue weighted by Gasteiger charge is 2.25. The van der Waals surface area contributed by atoms with Crippen molar-refractivity contribution in [1.29, 1.82) is 0 Å². The van der Waals surface area contributed by atoms with Crippen LogP contribution in [0.25, 0.3) is 10.9 Å². The van der Waals surface area contributed by atoms with Crippen LogP contribution in [0.15, 0.2) is 53.4 Å². The molecule has 1 aromatic heterocycles. The fourth-order valence-corrected chi connectivity index (χ4v) is 5.43. The Morgan fingerprint density at radius 2 is 2.03 bits per heavy atom. The molecular formula is C24H28N4OS. The van der Waals surface area contributed by atoms with E-state index in [1.54, 1.807) is 0 Å². The van der Waals surface area contributed by atoms with Gasteiger partial charge in [0.15, 0.2) is 0 Å². The van der Waals surface area contributed by atoms with E-state index in [1.165, 1.54) is 23.8 Å². The number of hydrogen-bond acceptors (Lipinski definition) is 5. The van der Waals surface area contributed by atoms with Gasteiger partial charge in [-0.15, -0.1) is 0 Å². The van der Waals surface area contributed by atoms with Gasteiger partial charge >= 0.3 is 0 Å². The predicted octanol–water partition coefficient (Wildman–Crippen LogP) is 4.00. The molecule has 1 atom stereocenters. The van der Waals surface area contributed by atoms with Crippen molar-refractivity contribution in [1.82, 2.24) is 4.98 Å². The number of nitrogens with two attached hydrogens (primary N) is 1. The number of pyridine rings is 1. The van der Waals surface area contributed by atoms with Gasteiger partial charge in [-0.1, -0.05) is 24.3 Å². The Bertz CT molecular complexity index is 1100. The van der Waals surface area contributed by atoms with Crippen LogP contribution in [-0.2, 0) is 17.3 Å². The van der Waals surface area contributed by atoms with Gasteiger partial charge in [-0.2, -0.15) is 0 Å². The maximum atomic E-state index is 12.7. The third kappa shape index (κ3) is 3.94. The van der Waals surface area contributed by atoms with Crippen molar-refractivity contribution in [2.24, 2.45) is 5.73 Å². The summed E-state index contributed by atoms with van der Waals surface area (Å²) >= 11 is 0. The fourth-order valence-electron chi connectivity index (χ4n) is 4.17. The average Bonchev–Trinajstić information content (AvgIpc) is 3.62. The number of rotatable bonds is 6. The molecule has 3 aromatic rings. The number of nitrogens with zero attached hydrogens (tertiary/aromatic N) is 2. The lowest BCUT2D eigenvalue weighted by Gasteiger charge is -2.23. The first kappa shape index (κ1) is 19.5. The molecule has 0 amide bonds. The minimum absolute atomic E-state index is 0.618. The summed E-state index contributed by atoms with van der Waals surface area (Å²) in [6, 6.07) is 16.9. The zero-order valence-electron chi connectivity index (χ0n) is 17.1. The zero-order valence-corrected chi connectivity index (χ0v) is 18.0. The molecule has 1 aliphatic heterocycles. The molecule has 156 valence electrons. The monoisotopic (exact) mass is 420 g/mol. The Hall–Kier alpha value is -2.44. The second-order valence-corrected chi connectivity index (χ2v) is 9.77. The van der Waals surface area contributed by atoms with Crippen molar-refractivity contribution >= 4 is 33.2 Å². The van der Waals surface area contributed by atoms with Crippen LogP contribution in [-0.4, -0.2) is 34.6 Å². The molecule has 0 saturated heterocycles. The molecule has 5 rings (SSSR count). The second kappa shape index (κ2) is 8.36. The molecule has 2 aromatic carbocycles. The predicted molar refractivity (Wildman–Crippen MR) is 125 cm³/mol. The molecule has 5 nitrogen and oxygen atoms in total. The summed E-state index contributed by atoms with van der Waals surface area (Å²) in [4.78, 5) is 8.22. The van der Waals surface area contributed by atoms with E-state index < -0.39 is 10.8 Å². The molecule has 1 saturated carbocycles. The Morgan fingerprint density at radius 3 is 2.87 bits per heavy atom. The Morgan fingerprint density at radius 1 is 1.17 bits per heavy atom. The van der Waals surface area contributed by atoms with Gasteiger partial charge in [0.05, 0.1) is 16.3 Å². The van der Waals surface area contributed by atoms with E-state index in [9.17, 15) is 4.21 Å². The summed E-state index contributed by atoms with van der Waals surface area (Å²) in [7, 11) is -0.966. The Balaban J connectivity index is 1.53. The summed E-state index contributed by atoms with van der Waals surface area (Å²) in [5.41, 5.74) is 10.4. The van der Waals surface area contributed by atoms with Crippen LogP contribution < -0.4 is 16.0 Å². The summed E-state index contributed by atoms with van der Waals surface area (Å²) in [6.45, 7) is 2.96. The second-order valence-electron chi connectivity index (χ2n) is 8.23. The van der Waals surface area contributed by atoms with Crippen molar-refractivity contribution in [3.8, 4) is 0 Å². The zero-order chi connectivity index (χ0) is 20.5. The lowest BCUT2D eigenvalue weighted by Crippen LogP contribution is -2.26. The van der Waals surface area contributed by atoms with E-state index in [0.717, 1.165) is 53.5 Å². The van der Waals surface area contributed by atoms with Crippen LogP contribution in [0.4, 0.5) is 11.5 Å². The van der Waals surface area contributed by atoms with Gasteiger partial charge in [0.25, 0.3) is 0 Å². The van der Waals surface area contributed by atoms with Gasteiger partial charge in [0.2, 0.25) is 0 Å². The van der Waals surface area contributed by atoms with E-state index in [4.69, 9.17) is 10.7 Å². The SMILES string of the molecule is NCCCNc1cc(N2CCS(=O)c3ccccc3C2)nc2ccc(C3CC3)cc12. The molecule has 2 aliphatic rings. The number of aromatic nitrogens is 1. The van der Waals surface area contributed by atoms with E-state index in [1.807, 2.05) is 18.2 Å².